The fourth-order valence-corrected chi connectivity index (χ4v) is 5.33. The minimum atomic E-state index is -1.78. The Morgan fingerprint density at radius 2 is 2.03 bits per heavy atom. The van der Waals surface area contributed by atoms with E-state index in [1.807, 2.05) is 56.0 Å². The van der Waals surface area contributed by atoms with E-state index in [0.717, 1.165) is 5.56 Å². The van der Waals surface area contributed by atoms with Crippen LogP contribution < -0.4 is 5.32 Å². The number of halogens is 1. The smallest absolute Gasteiger partial charge is 0.447 e. The third-order valence-electron chi connectivity index (χ3n) is 7.63. The zero-order chi connectivity index (χ0) is 27.2. The summed E-state index contributed by atoms with van der Waals surface area (Å²) in [7, 11) is -1.78. The Kier molecular flexibility index (Phi) is 9.56. The van der Waals surface area contributed by atoms with Crippen molar-refractivity contribution in [2.75, 3.05) is 26.2 Å². The Bertz CT molecular complexity index is 975. The van der Waals surface area contributed by atoms with Crippen molar-refractivity contribution in [3.8, 4) is 6.07 Å². The van der Waals surface area contributed by atoms with Gasteiger partial charge in [-0.25, -0.2) is 9.18 Å². The zero-order valence-electron chi connectivity index (χ0n) is 21.9. The number of alkyl halides is 1. The summed E-state index contributed by atoms with van der Waals surface area (Å²) >= 11 is 0. The Hall–Kier alpha value is -2.68. The van der Waals surface area contributed by atoms with Gasteiger partial charge in [-0.2, -0.15) is 5.26 Å². The molecular formula is C26H38BFN4O5. The molecule has 2 fully saturated rings. The number of nitriles is 1. The number of likely N-dealkylation sites (tertiary alicyclic amines) is 2. The minimum Gasteiger partial charge on any atom is -0.447 e. The van der Waals surface area contributed by atoms with Crippen molar-refractivity contribution in [3.63, 3.8) is 0 Å². The van der Waals surface area contributed by atoms with Gasteiger partial charge in [-0.15, -0.1) is 0 Å². The molecule has 37 heavy (non-hydrogen) atoms. The molecule has 0 bridgehead atoms. The largest absolute Gasteiger partial charge is 0.475 e. The van der Waals surface area contributed by atoms with Crippen molar-refractivity contribution in [2.45, 2.75) is 76.1 Å². The lowest BCUT2D eigenvalue weighted by Gasteiger charge is -2.39. The van der Waals surface area contributed by atoms with Crippen LogP contribution in [0.25, 0.3) is 0 Å². The standard InChI is InChI=1S/C26H38BFN4O5/c1-25(2,31-13-10-21(28)17-31)15-20(16-29)23(33)32-12-7-11-26(32,3)18-37-24(34)30-22(27(35)36)14-19-8-5-4-6-9-19/h4-6,8-9,20-22,35-36H,7,10-15,17-18H2,1-3H3,(H,30,34)/t20?,21-,22-,26+/m0/s1. The molecule has 0 aromatic heterocycles. The lowest BCUT2D eigenvalue weighted by molar-refractivity contribution is -0.140. The van der Waals surface area contributed by atoms with Crippen LogP contribution >= 0.6 is 0 Å². The molecule has 2 amide bonds. The van der Waals surface area contributed by atoms with Crippen LogP contribution in [0.15, 0.2) is 30.3 Å². The second-order valence-corrected chi connectivity index (χ2v) is 11.1. The minimum absolute atomic E-state index is 0.0959. The summed E-state index contributed by atoms with van der Waals surface area (Å²) in [6.07, 6.45) is 0.531. The first kappa shape index (κ1) is 28.9. The molecule has 2 aliphatic rings. The van der Waals surface area contributed by atoms with Crippen LogP contribution in [0, 0.1) is 17.2 Å². The Balaban J connectivity index is 1.59. The highest BCUT2D eigenvalue weighted by molar-refractivity contribution is 6.43. The lowest BCUT2D eigenvalue weighted by Crippen LogP contribution is -2.53. The van der Waals surface area contributed by atoms with Gasteiger partial charge in [0.05, 0.1) is 17.5 Å². The molecule has 202 valence electrons. The molecule has 0 saturated carbocycles. The maximum absolute atomic E-state index is 13.8. The average molecular weight is 516 g/mol. The maximum Gasteiger partial charge on any atom is 0.475 e. The predicted octanol–water partition coefficient (Wildman–Crippen LogP) is 2.07. The highest BCUT2D eigenvalue weighted by atomic mass is 19.1. The number of ether oxygens (including phenoxy) is 1. The van der Waals surface area contributed by atoms with Gasteiger partial charge in [0.15, 0.2) is 0 Å². The van der Waals surface area contributed by atoms with Crippen LogP contribution in [0.1, 0.15) is 52.0 Å². The Morgan fingerprint density at radius 3 is 2.62 bits per heavy atom. The molecule has 3 rings (SSSR count). The SMILES string of the molecule is CC(C)(CC(C#N)C(=O)N1CCC[C@]1(C)COC(=O)N[C@@H](Cc1ccccc1)B(O)O)N1CC[C@H](F)C1. The fraction of sp³-hybridized carbons (Fsp3) is 0.654. The second-order valence-electron chi connectivity index (χ2n) is 11.1. The monoisotopic (exact) mass is 516 g/mol. The number of hydrogen-bond acceptors (Lipinski definition) is 7. The molecule has 1 aromatic rings. The number of hydrogen-bond donors (Lipinski definition) is 3. The van der Waals surface area contributed by atoms with Crippen molar-refractivity contribution >= 4 is 19.1 Å². The molecule has 0 aliphatic carbocycles. The second kappa shape index (κ2) is 12.2. The number of rotatable bonds is 10. The van der Waals surface area contributed by atoms with E-state index in [2.05, 4.69) is 11.4 Å². The topological polar surface area (TPSA) is 126 Å². The lowest BCUT2D eigenvalue weighted by atomic mass is 9.76. The average Bonchev–Trinajstić information content (AvgIpc) is 3.47. The molecule has 2 aliphatic heterocycles. The summed E-state index contributed by atoms with van der Waals surface area (Å²) < 4.78 is 19.2. The van der Waals surface area contributed by atoms with Gasteiger partial charge in [-0.3, -0.25) is 9.69 Å². The first-order chi connectivity index (χ1) is 17.4. The molecule has 1 aromatic carbocycles. The summed E-state index contributed by atoms with van der Waals surface area (Å²) in [5.41, 5.74) is -0.484. The van der Waals surface area contributed by atoms with Gasteiger partial charge >= 0.3 is 13.2 Å². The third kappa shape index (κ3) is 7.43. The summed E-state index contributed by atoms with van der Waals surface area (Å²) in [4.78, 5) is 29.6. The van der Waals surface area contributed by atoms with Crippen molar-refractivity contribution < 1.29 is 28.8 Å². The van der Waals surface area contributed by atoms with Crippen LogP contribution in [0.4, 0.5) is 9.18 Å². The van der Waals surface area contributed by atoms with E-state index in [1.54, 1.807) is 4.90 Å². The first-order valence-corrected chi connectivity index (χ1v) is 12.9. The number of nitrogens with zero attached hydrogens (tertiary/aromatic N) is 3. The van der Waals surface area contributed by atoms with E-state index < -0.39 is 42.3 Å². The summed E-state index contributed by atoms with van der Waals surface area (Å²) in [6.45, 7) is 6.93. The first-order valence-electron chi connectivity index (χ1n) is 12.9. The zero-order valence-corrected chi connectivity index (χ0v) is 21.9. The summed E-state index contributed by atoms with van der Waals surface area (Å²) in [5.74, 6) is -2.19. The van der Waals surface area contributed by atoms with E-state index in [9.17, 15) is 29.3 Å². The normalized spacial score (nSPS) is 23.8. The molecule has 0 spiro atoms. The Morgan fingerprint density at radius 1 is 1.32 bits per heavy atom. The number of amides is 2. The molecule has 0 radical (unpaired) electrons. The highest BCUT2D eigenvalue weighted by Crippen LogP contribution is 2.34. The fourth-order valence-electron chi connectivity index (χ4n) is 5.33. The van der Waals surface area contributed by atoms with Gasteiger partial charge in [0.1, 0.15) is 18.7 Å². The number of nitrogens with one attached hydrogen (secondary N) is 1. The highest BCUT2D eigenvalue weighted by Gasteiger charge is 2.45. The summed E-state index contributed by atoms with van der Waals surface area (Å²) in [5, 5.41) is 31.8. The van der Waals surface area contributed by atoms with Crippen LogP contribution in [-0.2, 0) is 16.0 Å². The Labute approximate surface area is 218 Å². The molecule has 2 saturated heterocycles. The van der Waals surface area contributed by atoms with Gasteiger partial charge in [-0.05, 0) is 58.4 Å². The molecule has 4 atom stereocenters. The number of carbonyl (C=O) groups excluding carboxylic acids is 2. The maximum atomic E-state index is 13.8. The quantitative estimate of drug-likeness (QED) is 0.407. The van der Waals surface area contributed by atoms with Gasteiger partial charge in [0.2, 0.25) is 5.91 Å². The van der Waals surface area contributed by atoms with E-state index >= 15 is 0 Å². The number of alkyl carbamates (subject to hydrolysis) is 1. The third-order valence-corrected chi connectivity index (χ3v) is 7.63. The van der Waals surface area contributed by atoms with Crippen LogP contribution in [0.2, 0.25) is 0 Å². The number of carbonyl (C=O) groups is 2. The molecule has 11 heteroatoms. The van der Waals surface area contributed by atoms with E-state index in [-0.39, 0.29) is 25.4 Å². The van der Waals surface area contributed by atoms with Gasteiger partial charge in [-0.1, -0.05) is 30.3 Å². The molecule has 1 unspecified atom stereocenters. The van der Waals surface area contributed by atoms with Crippen LogP contribution in [-0.4, -0.2) is 88.4 Å². The summed E-state index contributed by atoms with van der Waals surface area (Å²) in [6, 6.07) is 11.3. The van der Waals surface area contributed by atoms with Gasteiger partial charge in [0, 0.05) is 25.2 Å². The number of benzene rings is 1. The molecule has 3 N–H and O–H groups in total. The van der Waals surface area contributed by atoms with Crippen molar-refractivity contribution in [1.82, 2.24) is 15.1 Å². The predicted molar refractivity (Wildman–Crippen MR) is 137 cm³/mol. The van der Waals surface area contributed by atoms with E-state index in [4.69, 9.17) is 4.74 Å². The molecule has 9 nitrogen and oxygen atoms in total. The molecule has 2 heterocycles. The van der Waals surface area contributed by atoms with E-state index in [1.165, 1.54) is 0 Å². The van der Waals surface area contributed by atoms with Crippen molar-refractivity contribution in [2.24, 2.45) is 5.92 Å². The van der Waals surface area contributed by atoms with Crippen molar-refractivity contribution in [3.05, 3.63) is 35.9 Å². The van der Waals surface area contributed by atoms with E-state index in [0.29, 0.717) is 38.9 Å². The molecular weight excluding hydrogens is 478 g/mol. The van der Waals surface area contributed by atoms with Crippen LogP contribution in [0.5, 0.6) is 0 Å². The van der Waals surface area contributed by atoms with Gasteiger partial charge < -0.3 is 25.0 Å². The van der Waals surface area contributed by atoms with Crippen molar-refractivity contribution in [1.29, 1.82) is 5.26 Å². The van der Waals surface area contributed by atoms with Crippen LogP contribution in [0.3, 0.4) is 0 Å². The van der Waals surface area contributed by atoms with Gasteiger partial charge in [0.25, 0.3) is 0 Å².